The Bertz CT molecular complexity index is 670. The number of piperidine rings is 1. The van der Waals surface area contributed by atoms with Gasteiger partial charge in [-0.1, -0.05) is 0 Å². The third-order valence-electron chi connectivity index (χ3n) is 3.95. The number of benzene rings is 1. The summed E-state index contributed by atoms with van der Waals surface area (Å²) in [5.74, 6) is -1.39. The van der Waals surface area contributed by atoms with E-state index in [0.29, 0.717) is 18.5 Å². The van der Waals surface area contributed by atoms with Crippen LogP contribution in [0.15, 0.2) is 12.1 Å². The van der Waals surface area contributed by atoms with Crippen LogP contribution in [0.25, 0.3) is 0 Å². The van der Waals surface area contributed by atoms with Crippen LogP contribution >= 0.6 is 0 Å². The fourth-order valence-electron chi connectivity index (χ4n) is 2.76. The van der Waals surface area contributed by atoms with Gasteiger partial charge in [-0.2, -0.15) is 0 Å². The molecular formula is C18H25FN2O4. The van der Waals surface area contributed by atoms with Crippen LogP contribution in [0.4, 0.5) is 9.18 Å². The summed E-state index contributed by atoms with van der Waals surface area (Å²) in [5.41, 5.74) is -0.237. The molecule has 1 fully saturated rings. The minimum absolute atomic E-state index is 0.0757. The first kappa shape index (κ1) is 19.0. The van der Waals surface area contributed by atoms with Gasteiger partial charge in [0, 0.05) is 25.2 Å². The molecule has 2 amide bonds. The van der Waals surface area contributed by atoms with E-state index in [4.69, 9.17) is 4.74 Å². The molecule has 0 bridgehead atoms. The average molecular weight is 352 g/mol. The van der Waals surface area contributed by atoms with Gasteiger partial charge in [0.05, 0.1) is 5.56 Å². The fraction of sp³-hybridized carbons (Fsp3) is 0.556. The number of hydrogen-bond donors (Lipinski definition) is 2. The molecule has 0 aliphatic carbocycles. The van der Waals surface area contributed by atoms with Gasteiger partial charge in [0.15, 0.2) is 0 Å². The molecule has 0 unspecified atom stereocenters. The number of nitrogens with one attached hydrogen (secondary N) is 1. The monoisotopic (exact) mass is 352 g/mol. The Morgan fingerprint density at radius 2 is 2.04 bits per heavy atom. The molecule has 0 radical (unpaired) electrons. The Morgan fingerprint density at radius 1 is 1.36 bits per heavy atom. The summed E-state index contributed by atoms with van der Waals surface area (Å²) in [6.45, 7) is 7.72. The van der Waals surface area contributed by atoms with Gasteiger partial charge in [0.2, 0.25) is 0 Å². The zero-order valence-corrected chi connectivity index (χ0v) is 15.1. The summed E-state index contributed by atoms with van der Waals surface area (Å²) in [4.78, 5) is 26.0. The summed E-state index contributed by atoms with van der Waals surface area (Å²) < 4.78 is 19.3. The van der Waals surface area contributed by atoms with Crippen molar-refractivity contribution in [2.24, 2.45) is 0 Å². The van der Waals surface area contributed by atoms with Crippen LogP contribution in [-0.2, 0) is 4.74 Å². The minimum Gasteiger partial charge on any atom is -0.508 e. The van der Waals surface area contributed by atoms with Crippen molar-refractivity contribution in [3.8, 4) is 5.75 Å². The van der Waals surface area contributed by atoms with E-state index < -0.39 is 23.4 Å². The second kappa shape index (κ2) is 7.29. The van der Waals surface area contributed by atoms with Gasteiger partial charge in [0.25, 0.3) is 5.91 Å². The molecule has 2 rings (SSSR count). The molecular weight excluding hydrogens is 327 g/mol. The summed E-state index contributed by atoms with van der Waals surface area (Å²) in [6, 6.07) is 2.05. The van der Waals surface area contributed by atoms with E-state index in [1.54, 1.807) is 27.7 Å². The second-order valence-electron chi connectivity index (χ2n) is 7.36. The van der Waals surface area contributed by atoms with Crippen molar-refractivity contribution in [2.75, 3.05) is 13.1 Å². The van der Waals surface area contributed by atoms with Crippen LogP contribution in [-0.4, -0.2) is 46.7 Å². The Balaban J connectivity index is 2.04. The van der Waals surface area contributed by atoms with Crippen molar-refractivity contribution in [2.45, 2.75) is 52.2 Å². The third-order valence-corrected chi connectivity index (χ3v) is 3.95. The molecule has 1 aromatic rings. The Hall–Kier alpha value is -2.31. The van der Waals surface area contributed by atoms with E-state index >= 15 is 0 Å². The molecule has 2 N–H and O–H groups in total. The van der Waals surface area contributed by atoms with Crippen molar-refractivity contribution in [1.82, 2.24) is 10.2 Å². The highest BCUT2D eigenvalue weighted by Gasteiger charge is 2.28. The lowest BCUT2D eigenvalue weighted by Crippen LogP contribution is -2.50. The smallest absolute Gasteiger partial charge is 0.407 e. The third kappa shape index (κ3) is 5.08. The first-order valence-electron chi connectivity index (χ1n) is 8.35. The lowest BCUT2D eigenvalue weighted by atomic mass is 10.0. The predicted molar refractivity (Wildman–Crippen MR) is 91.1 cm³/mol. The number of alkyl carbamates (subject to hydrolysis) is 1. The van der Waals surface area contributed by atoms with Gasteiger partial charge in [0.1, 0.15) is 17.2 Å². The normalized spacial score (nSPS) is 18.0. The number of aromatic hydroxyl groups is 1. The lowest BCUT2D eigenvalue weighted by molar-refractivity contribution is 0.0451. The van der Waals surface area contributed by atoms with Crippen molar-refractivity contribution in [3.05, 3.63) is 29.1 Å². The number of phenolic OH excluding ortho intramolecular Hbond substituents is 1. The SMILES string of the molecule is Cc1cc(C(=O)N2CCC[C@H](NC(=O)OC(C)(C)C)C2)c(F)cc1O. The van der Waals surface area contributed by atoms with Gasteiger partial charge in [-0.15, -0.1) is 0 Å². The Kier molecular flexibility index (Phi) is 5.55. The molecule has 1 aliphatic rings. The molecule has 1 aromatic carbocycles. The van der Waals surface area contributed by atoms with E-state index in [-0.39, 0.29) is 23.9 Å². The van der Waals surface area contributed by atoms with Crippen LogP contribution in [0.3, 0.4) is 0 Å². The van der Waals surface area contributed by atoms with Crippen molar-refractivity contribution >= 4 is 12.0 Å². The number of carbonyl (C=O) groups is 2. The molecule has 0 saturated carbocycles. The van der Waals surface area contributed by atoms with Crippen molar-refractivity contribution < 1.29 is 23.8 Å². The largest absolute Gasteiger partial charge is 0.508 e. The summed E-state index contributed by atoms with van der Waals surface area (Å²) in [6.07, 6.45) is 0.892. The average Bonchev–Trinajstić information content (AvgIpc) is 2.48. The second-order valence-corrected chi connectivity index (χ2v) is 7.36. The highest BCUT2D eigenvalue weighted by Crippen LogP contribution is 2.23. The molecule has 1 saturated heterocycles. The number of aryl methyl sites for hydroxylation is 1. The summed E-state index contributed by atoms with van der Waals surface area (Å²) >= 11 is 0. The van der Waals surface area contributed by atoms with Gasteiger partial charge in [-0.25, -0.2) is 9.18 Å². The van der Waals surface area contributed by atoms with Crippen LogP contribution in [0.5, 0.6) is 5.75 Å². The van der Waals surface area contributed by atoms with Crippen molar-refractivity contribution in [1.29, 1.82) is 0 Å². The molecule has 1 aliphatic heterocycles. The number of nitrogens with zero attached hydrogens (tertiary/aromatic N) is 1. The highest BCUT2D eigenvalue weighted by molar-refractivity contribution is 5.95. The standard InChI is InChI=1S/C18H25FN2O4/c1-11-8-13(14(19)9-15(11)22)16(23)21-7-5-6-12(10-21)20-17(24)25-18(2,3)4/h8-9,12,22H,5-7,10H2,1-4H3,(H,20,24)/t12-/m0/s1. The number of halogens is 1. The quantitative estimate of drug-likeness (QED) is 0.858. The van der Waals surface area contributed by atoms with E-state index in [0.717, 1.165) is 12.5 Å². The molecule has 0 aromatic heterocycles. The van der Waals surface area contributed by atoms with Crippen LogP contribution in [0.2, 0.25) is 0 Å². The predicted octanol–water partition coefficient (Wildman–Crippen LogP) is 2.97. The van der Waals surface area contributed by atoms with E-state index in [1.165, 1.54) is 11.0 Å². The molecule has 7 heteroatoms. The molecule has 138 valence electrons. The topological polar surface area (TPSA) is 78.9 Å². The van der Waals surface area contributed by atoms with Crippen LogP contribution < -0.4 is 5.32 Å². The van der Waals surface area contributed by atoms with Gasteiger partial charge < -0.3 is 20.1 Å². The maximum atomic E-state index is 14.0. The summed E-state index contributed by atoms with van der Waals surface area (Å²) in [7, 11) is 0. The lowest BCUT2D eigenvalue weighted by Gasteiger charge is -2.33. The minimum atomic E-state index is -0.754. The van der Waals surface area contributed by atoms with Crippen molar-refractivity contribution in [3.63, 3.8) is 0 Å². The van der Waals surface area contributed by atoms with E-state index in [9.17, 15) is 19.1 Å². The fourth-order valence-corrected chi connectivity index (χ4v) is 2.76. The maximum Gasteiger partial charge on any atom is 0.407 e. The number of ether oxygens (including phenoxy) is 1. The Morgan fingerprint density at radius 3 is 2.68 bits per heavy atom. The Labute approximate surface area is 147 Å². The first-order chi connectivity index (χ1) is 11.6. The zero-order valence-electron chi connectivity index (χ0n) is 15.1. The van der Waals surface area contributed by atoms with E-state index in [2.05, 4.69) is 5.32 Å². The molecule has 1 atom stereocenters. The number of rotatable bonds is 2. The van der Waals surface area contributed by atoms with Gasteiger partial charge in [-0.05, 0) is 52.2 Å². The maximum absolute atomic E-state index is 14.0. The van der Waals surface area contributed by atoms with Gasteiger partial charge in [-0.3, -0.25) is 4.79 Å². The molecule has 0 spiro atoms. The molecule has 6 nitrogen and oxygen atoms in total. The number of carbonyl (C=O) groups excluding carboxylic acids is 2. The number of amides is 2. The van der Waals surface area contributed by atoms with Crippen LogP contribution in [0.1, 0.15) is 49.5 Å². The first-order valence-corrected chi connectivity index (χ1v) is 8.35. The van der Waals surface area contributed by atoms with Crippen LogP contribution in [0, 0.1) is 12.7 Å². The van der Waals surface area contributed by atoms with E-state index in [1.807, 2.05) is 0 Å². The zero-order chi connectivity index (χ0) is 18.8. The molecule has 25 heavy (non-hydrogen) atoms. The summed E-state index contributed by atoms with van der Waals surface area (Å²) in [5, 5.41) is 12.3. The number of hydrogen-bond acceptors (Lipinski definition) is 4. The molecule has 1 heterocycles. The number of likely N-dealkylation sites (tertiary alicyclic amines) is 1. The van der Waals surface area contributed by atoms with Gasteiger partial charge >= 0.3 is 6.09 Å². The highest BCUT2D eigenvalue weighted by atomic mass is 19.1. The number of phenols is 1.